The van der Waals surface area contributed by atoms with Gasteiger partial charge in [0.05, 0.1) is 13.2 Å². The maximum absolute atomic E-state index is 13.8. The molecule has 1 unspecified atom stereocenters. The van der Waals surface area contributed by atoms with Gasteiger partial charge in [0, 0.05) is 50.0 Å². The second kappa shape index (κ2) is 7.64. The quantitative estimate of drug-likeness (QED) is 0.914. The second-order valence-electron chi connectivity index (χ2n) is 6.03. The van der Waals surface area contributed by atoms with E-state index in [1.807, 2.05) is 18.2 Å². The zero-order chi connectivity index (χ0) is 16.9. The van der Waals surface area contributed by atoms with Gasteiger partial charge in [0.2, 0.25) is 0 Å². The van der Waals surface area contributed by atoms with Gasteiger partial charge in [-0.1, -0.05) is 24.3 Å². The number of hydrogen-bond donors (Lipinski definition) is 1. The first-order chi connectivity index (χ1) is 11.7. The highest BCUT2D eigenvalue weighted by molar-refractivity contribution is 5.51. The van der Waals surface area contributed by atoms with E-state index in [1.54, 1.807) is 25.3 Å². The number of hydrogen-bond acceptors (Lipinski definition) is 4. The van der Waals surface area contributed by atoms with Gasteiger partial charge in [-0.15, -0.1) is 0 Å². The van der Waals surface area contributed by atoms with E-state index in [1.165, 1.54) is 6.07 Å². The summed E-state index contributed by atoms with van der Waals surface area (Å²) in [7, 11) is 1.67. The number of anilines is 1. The van der Waals surface area contributed by atoms with Crippen LogP contribution < -0.4 is 9.64 Å². The third-order valence-electron chi connectivity index (χ3n) is 4.49. The summed E-state index contributed by atoms with van der Waals surface area (Å²) in [5, 5.41) is 10.3. The predicted molar refractivity (Wildman–Crippen MR) is 93.0 cm³/mol. The molecule has 24 heavy (non-hydrogen) atoms. The summed E-state index contributed by atoms with van der Waals surface area (Å²) in [5.41, 5.74) is 1.51. The molecule has 4 nitrogen and oxygen atoms in total. The summed E-state index contributed by atoms with van der Waals surface area (Å²) in [6, 6.07) is 14.5. The monoisotopic (exact) mass is 330 g/mol. The van der Waals surface area contributed by atoms with Gasteiger partial charge in [-0.3, -0.25) is 4.90 Å². The van der Waals surface area contributed by atoms with Gasteiger partial charge in [0.25, 0.3) is 0 Å². The topological polar surface area (TPSA) is 35.9 Å². The molecule has 128 valence electrons. The molecule has 0 aliphatic carbocycles. The van der Waals surface area contributed by atoms with Crippen molar-refractivity contribution >= 4 is 5.69 Å². The van der Waals surface area contributed by atoms with E-state index < -0.39 is 6.10 Å². The van der Waals surface area contributed by atoms with Crippen LogP contribution in [0.3, 0.4) is 0 Å². The smallest absolute Gasteiger partial charge is 0.129 e. The molecular weight excluding hydrogens is 307 g/mol. The maximum Gasteiger partial charge on any atom is 0.129 e. The third kappa shape index (κ3) is 3.86. The van der Waals surface area contributed by atoms with Crippen molar-refractivity contribution in [1.29, 1.82) is 0 Å². The van der Waals surface area contributed by atoms with E-state index >= 15 is 0 Å². The lowest BCUT2D eigenvalue weighted by molar-refractivity contribution is 0.106. The van der Waals surface area contributed by atoms with Crippen molar-refractivity contribution in [3.05, 3.63) is 59.9 Å². The molecule has 1 aliphatic heterocycles. The second-order valence-corrected chi connectivity index (χ2v) is 6.03. The Labute approximate surface area is 142 Å². The molecule has 1 atom stereocenters. The normalized spacial score (nSPS) is 16.9. The molecule has 2 aromatic rings. The molecule has 1 heterocycles. The zero-order valence-corrected chi connectivity index (χ0v) is 13.9. The van der Waals surface area contributed by atoms with Crippen LogP contribution in [0.25, 0.3) is 0 Å². The summed E-state index contributed by atoms with van der Waals surface area (Å²) >= 11 is 0. The molecule has 1 N–H and O–H groups in total. The molecule has 1 aliphatic rings. The minimum atomic E-state index is -0.797. The maximum atomic E-state index is 13.8. The van der Waals surface area contributed by atoms with Crippen LogP contribution in [-0.4, -0.2) is 49.8 Å². The standard InChI is InChI=1S/C19H23FN2O2/c1-24-16-6-4-5-15(13-16)22-11-9-21(10-12-22)14-19(23)17-7-2-3-8-18(17)20/h2-8,13,19,23H,9-12,14H2,1H3. The van der Waals surface area contributed by atoms with Crippen LogP contribution >= 0.6 is 0 Å². The Bertz CT molecular complexity index is 672. The van der Waals surface area contributed by atoms with Crippen molar-refractivity contribution in [1.82, 2.24) is 4.90 Å². The molecule has 0 spiro atoms. The number of rotatable bonds is 5. The number of methoxy groups -OCH3 is 1. The van der Waals surface area contributed by atoms with Crippen molar-refractivity contribution < 1.29 is 14.2 Å². The zero-order valence-electron chi connectivity index (χ0n) is 13.9. The molecule has 0 radical (unpaired) electrons. The Morgan fingerprint density at radius 1 is 1.08 bits per heavy atom. The van der Waals surface area contributed by atoms with E-state index in [0.717, 1.165) is 37.6 Å². The average molecular weight is 330 g/mol. The Morgan fingerprint density at radius 3 is 2.54 bits per heavy atom. The number of aliphatic hydroxyl groups excluding tert-OH is 1. The van der Waals surface area contributed by atoms with Gasteiger partial charge in [-0.25, -0.2) is 4.39 Å². The Kier molecular flexibility index (Phi) is 5.33. The first-order valence-electron chi connectivity index (χ1n) is 8.21. The highest BCUT2D eigenvalue weighted by Crippen LogP contribution is 2.23. The van der Waals surface area contributed by atoms with Crippen LogP contribution in [0.2, 0.25) is 0 Å². The Morgan fingerprint density at radius 2 is 1.83 bits per heavy atom. The molecule has 2 aromatic carbocycles. The van der Waals surface area contributed by atoms with E-state index in [2.05, 4.69) is 15.9 Å². The van der Waals surface area contributed by atoms with Crippen LogP contribution in [0.15, 0.2) is 48.5 Å². The number of β-amino-alcohol motifs (C(OH)–C–C–N with tert-alkyl or cyclic N) is 1. The highest BCUT2D eigenvalue weighted by Gasteiger charge is 2.21. The summed E-state index contributed by atoms with van der Waals surface area (Å²) in [6.45, 7) is 3.87. The van der Waals surface area contributed by atoms with Crippen LogP contribution in [-0.2, 0) is 0 Å². The van der Waals surface area contributed by atoms with Crippen LogP contribution in [0.4, 0.5) is 10.1 Å². The number of benzene rings is 2. The van der Waals surface area contributed by atoms with Crippen LogP contribution in [0.5, 0.6) is 5.75 Å². The van der Waals surface area contributed by atoms with E-state index in [-0.39, 0.29) is 5.82 Å². The van der Waals surface area contributed by atoms with Crippen LogP contribution in [0, 0.1) is 5.82 Å². The van der Waals surface area contributed by atoms with Crippen molar-refractivity contribution in [2.24, 2.45) is 0 Å². The highest BCUT2D eigenvalue weighted by atomic mass is 19.1. The Hall–Kier alpha value is -2.11. The van der Waals surface area contributed by atoms with Crippen molar-refractivity contribution in [3.63, 3.8) is 0 Å². The number of aliphatic hydroxyl groups is 1. The van der Waals surface area contributed by atoms with Gasteiger partial charge in [-0.2, -0.15) is 0 Å². The lowest BCUT2D eigenvalue weighted by Crippen LogP contribution is -2.47. The minimum absolute atomic E-state index is 0.347. The van der Waals surface area contributed by atoms with Crippen molar-refractivity contribution in [2.75, 3.05) is 44.7 Å². The molecule has 5 heteroatoms. The predicted octanol–water partition coefficient (Wildman–Crippen LogP) is 2.69. The van der Waals surface area contributed by atoms with E-state index in [0.29, 0.717) is 12.1 Å². The largest absolute Gasteiger partial charge is 0.497 e. The number of nitrogens with zero attached hydrogens (tertiary/aromatic N) is 2. The van der Waals surface area contributed by atoms with Crippen molar-refractivity contribution in [3.8, 4) is 5.75 Å². The molecule has 0 bridgehead atoms. The third-order valence-corrected chi connectivity index (χ3v) is 4.49. The number of ether oxygens (including phenoxy) is 1. The summed E-state index contributed by atoms with van der Waals surface area (Å²) in [6.07, 6.45) is -0.797. The van der Waals surface area contributed by atoms with Gasteiger partial charge in [-0.05, 0) is 18.2 Å². The van der Waals surface area contributed by atoms with Gasteiger partial charge < -0.3 is 14.7 Å². The summed E-state index contributed by atoms with van der Waals surface area (Å²) in [5.74, 6) is 0.505. The molecule has 3 rings (SSSR count). The molecule has 1 saturated heterocycles. The van der Waals surface area contributed by atoms with E-state index in [4.69, 9.17) is 4.74 Å². The molecule has 0 saturated carbocycles. The van der Waals surface area contributed by atoms with Crippen molar-refractivity contribution in [2.45, 2.75) is 6.10 Å². The van der Waals surface area contributed by atoms with E-state index in [9.17, 15) is 9.50 Å². The first kappa shape index (κ1) is 16.7. The van der Waals surface area contributed by atoms with Gasteiger partial charge in [0.1, 0.15) is 11.6 Å². The summed E-state index contributed by atoms with van der Waals surface area (Å²) in [4.78, 5) is 4.47. The molecule has 0 amide bonds. The van der Waals surface area contributed by atoms with Gasteiger partial charge >= 0.3 is 0 Å². The van der Waals surface area contributed by atoms with Crippen LogP contribution in [0.1, 0.15) is 11.7 Å². The lowest BCUT2D eigenvalue weighted by Gasteiger charge is -2.37. The molecular formula is C19H23FN2O2. The fourth-order valence-corrected chi connectivity index (χ4v) is 3.08. The SMILES string of the molecule is COc1cccc(N2CCN(CC(O)c3ccccc3F)CC2)c1. The minimum Gasteiger partial charge on any atom is -0.497 e. The summed E-state index contributed by atoms with van der Waals surface area (Å²) < 4.78 is 19.0. The van der Waals surface area contributed by atoms with Gasteiger partial charge in [0.15, 0.2) is 0 Å². The lowest BCUT2D eigenvalue weighted by atomic mass is 10.1. The Balaban J connectivity index is 1.56. The fourth-order valence-electron chi connectivity index (χ4n) is 3.08. The fraction of sp³-hybridized carbons (Fsp3) is 0.368. The molecule has 1 fully saturated rings. The average Bonchev–Trinajstić information content (AvgIpc) is 2.62. The molecule has 0 aromatic heterocycles. The number of halogens is 1. The first-order valence-corrected chi connectivity index (χ1v) is 8.21. The number of piperazine rings is 1.